The Morgan fingerprint density at radius 3 is 2.52 bits per heavy atom. The molecule has 0 bridgehead atoms. The maximum Gasteiger partial charge on any atom is 0.241 e. The Hall–Kier alpha value is -2.44. The molecule has 0 aliphatic carbocycles. The third-order valence-electron chi connectivity index (χ3n) is 3.15. The van der Waals surface area contributed by atoms with E-state index in [4.69, 9.17) is 9.47 Å². The molecule has 0 unspecified atom stereocenters. The van der Waals surface area contributed by atoms with Crippen LogP contribution in [0.15, 0.2) is 23.2 Å². The Kier molecular flexibility index (Phi) is 7.73. The van der Waals surface area contributed by atoms with E-state index < -0.39 is 0 Å². The Labute approximate surface area is 137 Å². The van der Waals surface area contributed by atoms with Crippen molar-refractivity contribution in [2.75, 3.05) is 41.4 Å². The van der Waals surface area contributed by atoms with Crippen LogP contribution in [0.25, 0.3) is 0 Å². The van der Waals surface area contributed by atoms with Gasteiger partial charge in [0.25, 0.3) is 0 Å². The molecule has 23 heavy (non-hydrogen) atoms. The van der Waals surface area contributed by atoms with Crippen LogP contribution >= 0.6 is 0 Å². The van der Waals surface area contributed by atoms with Crippen molar-refractivity contribution in [2.45, 2.75) is 13.5 Å². The topological polar surface area (TPSA) is 75.2 Å². The number of ether oxygens (including phenoxy) is 2. The van der Waals surface area contributed by atoms with Crippen molar-refractivity contribution in [3.05, 3.63) is 23.8 Å². The van der Waals surface area contributed by atoms with E-state index in [2.05, 4.69) is 15.6 Å². The summed E-state index contributed by atoms with van der Waals surface area (Å²) in [5.74, 6) is 2.02. The van der Waals surface area contributed by atoms with Gasteiger partial charge in [0.2, 0.25) is 5.91 Å². The molecule has 0 spiro atoms. The molecule has 1 rings (SSSR count). The van der Waals surface area contributed by atoms with Gasteiger partial charge in [-0.25, -0.2) is 4.99 Å². The van der Waals surface area contributed by atoms with E-state index in [1.807, 2.05) is 25.1 Å². The number of carbonyl (C=O) groups excluding carboxylic acids is 1. The Balaban J connectivity index is 2.78. The molecule has 0 saturated carbocycles. The van der Waals surface area contributed by atoms with Crippen molar-refractivity contribution in [3.8, 4) is 11.5 Å². The van der Waals surface area contributed by atoms with Crippen LogP contribution in [-0.2, 0) is 11.3 Å². The first-order valence-corrected chi connectivity index (χ1v) is 7.45. The second kappa shape index (κ2) is 9.55. The van der Waals surface area contributed by atoms with Crippen molar-refractivity contribution >= 4 is 11.9 Å². The molecule has 0 heterocycles. The Morgan fingerprint density at radius 2 is 1.96 bits per heavy atom. The third kappa shape index (κ3) is 6.06. The summed E-state index contributed by atoms with van der Waals surface area (Å²) in [6.45, 7) is 3.30. The number of guanidine groups is 1. The molecule has 0 saturated heterocycles. The fourth-order valence-corrected chi connectivity index (χ4v) is 1.81. The molecule has 1 amide bonds. The standard InChI is InChI=1S/C16H26N4O3/c1-6-17-16(19-11-15(21)20(2)3)18-10-12-7-8-13(22-4)9-14(12)23-5/h7-9H,6,10-11H2,1-5H3,(H2,17,18,19). The zero-order valence-corrected chi connectivity index (χ0v) is 14.5. The first-order chi connectivity index (χ1) is 11.0. The molecule has 128 valence electrons. The molecule has 2 N–H and O–H groups in total. The number of methoxy groups -OCH3 is 2. The molecule has 1 aromatic carbocycles. The van der Waals surface area contributed by atoms with E-state index in [9.17, 15) is 4.79 Å². The summed E-state index contributed by atoms with van der Waals surface area (Å²) in [7, 11) is 6.66. The van der Waals surface area contributed by atoms with Gasteiger partial charge >= 0.3 is 0 Å². The normalized spacial score (nSPS) is 10.9. The van der Waals surface area contributed by atoms with Gasteiger partial charge in [-0.15, -0.1) is 0 Å². The lowest BCUT2D eigenvalue weighted by Gasteiger charge is -2.14. The number of benzene rings is 1. The maximum atomic E-state index is 11.6. The molecular formula is C16H26N4O3. The summed E-state index contributed by atoms with van der Waals surface area (Å²) in [5.41, 5.74) is 0.935. The van der Waals surface area contributed by atoms with E-state index in [-0.39, 0.29) is 12.5 Å². The maximum absolute atomic E-state index is 11.6. The van der Waals surface area contributed by atoms with Crippen molar-refractivity contribution < 1.29 is 14.3 Å². The van der Waals surface area contributed by atoms with Gasteiger partial charge in [-0.2, -0.15) is 0 Å². The largest absolute Gasteiger partial charge is 0.497 e. The zero-order valence-electron chi connectivity index (χ0n) is 14.5. The molecule has 0 fully saturated rings. The van der Waals surface area contributed by atoms with Gasteiger partial charge in [0.15, 0.2) is 5.96 Å². The number of likely N-dealkylation sites (N-methyl/N-ethyl adjacent to an activating group) is 1. The summed E-state index contributed by atoms with van der Waals surface area (Å²) in [6.07, 6.45) is 0. The molecule has 0 aliphatic rings. The molecule has 0 radical (unpaired) electrons. The number of nitrogens with one attached hydrogen (secondary N) is 2. The predicted molar refractivity (Wildman–Crippen MR) is 91.1 cm³/mol. The summed E-state index contributed by atoms with van der Waals surface area (Å²) in [6, 6.07) is 5.60. The lowest BCUT2D eigenvalue weighted by atomic mass is 10.2. The van der Waals surface area contributed by atoms with E-state index in [1.54, 1.807) is 28.3 Å². The van der Waals surface area contributed by atoms with E-state index in [0.29, 0.717) is 24.8 Å². The van der Waals surface area contributed by atoms with Gasteiger partial charge in [-0.3, -0.25) is 4.79 Å². The average Bonchev–Trinajstić information content (AvgIpc) is 2.56. The van der Waals surface area contributed by atoms with Crippen molar-refractivity contribution in [3.63, 3.8) is 0 Å². The number of amides is 1. The smallest absolute Gasteiger partial charge is 0.241 e. The summed E-state index contributed by atoms with van der Waals surface area (Å²) in [5, 5.41) is 6.12. The van der Waals surface area contributed by atoms with Crippen LogP contribution in [0.5, 0.6) is 11.5 Å². The summed E-state index contributed by atoms with van der Waals surface area (Å²) >= 11 is 0. The molecule has 7 nitrogen and oxygen atoms in total. The van der Waals surface area contributed by atoms with Crippen LogP contribution in [0.4, 0.5) is 0 Å². The van der Waals surface area contributed by atoms with Crippen molar-refractivity contribution in [1.29, 1.82) is 0 Å². The monoisotopic (exact) mass is 322 g/mol. The minimum Gasteiger partial charge on any atom is -0.497 e. The van der Waals surface area contributed by atoms with E-state index in [1.165, 1.54) is 4.90 Å². The molecular weight excluding hydrogens is 296 g/mol. The van der Waals surface area contributed by atoms with Crippen LogP contribution in [0.1, 0.15) is 12.5 Å². The SMILES string of the molecule is CCNC(=NCc1ccc(OC)cc1OC)NCC(=O)N(C)C. The van der Waals surface area contributed by atoms with Gasteiger partial charge in [-0.1, -0.05) is 0 Å². The van der Waals surface area contributed by atoms with Crippen LogP contribution in [0, 0.1) is 0 Å². The fourth-order valence-electron chi connectivity index (χ4n) is 1.81. The van der Waals surface area contributed by atoms with Gasteiger partial charge in [-0.05, 0) is 19.1 Å². The summed E-state index contributed by atoms with van der Waals surface area (Å²) < 4.78 is 10.5. The number of rotatable bonds is 7. The highest BCUT2D eigenvalue weighted by atomic mass is 16.5. The number of hydrogen-bond acceptors (Lipinski definition) is 4. The molecule has 0 atom stereocenters. The predicted octanol–water partition coefficient (Wildman–Crippen LogP) is 0.847. The lowest BCUT2D eigenvalue weighted by Crippen LogP contribution is -2.42. The van der Waals surface area contributed by atoms with Gasteiger partial charge < -0.3 is 25.0 Å². The second-order valence-corrected chi connectivity index (χ2v) is 5.01. The van der Waals surface area contributed by atoms with Crippen LogP contribution in [0.3, 0.4) is 0 Å². The van der Waals surface area contributed by atoms with Crippen LogP contribution < -0.4 is 20.1 Å². The van der Waals surface area contributed by atoms with Gasteiger partial charge in [0, 0.05) is 32.3 Å². The van der Waals surface area contributed by atoms with Crippen LogP contribution in [-0.4, -0.2) is 58.2 Å². The number of hydrogen-bond donors (Lipinski definition) is 2. The highest BCUT2D eigenvalue weighted by Crippen LogP contribution is 2.25. The Bertz CT molecular complexity index is 544. The second-order valence-electron chi connectivity index (χ2n) is 5.01. The number of carbonyl (C=O) groups is 1. The van der Waals surface area contributed by atoms with E-state index >= 15 is 0 Å². The fraction of sp³-hybridized carbons (Fsp3) is 0.500. The minimum absolute atomic E-state index is 0.0161. The third-order valence-corrected chi connectivity index (χ3v) is 3.15. The van der Waals surface area contributed by atoms with E-state index in [0.717, 1.165) is 11.3 Å². The first kappa shape index (κ1) is 18.6. The quantitative estimate of drug-likeness (QED) is 0.575. The average molecular weight is 322 g/mol. The van der Waals surface area contributed by atoms with Crippen molar-refractivity contribution in [1.82, 2.24) is 15.5 Å². The molecule has 1 aromatic rings. The highest BCUT2D eigenvalue weighted by Gasteiger charge is 2.07. The first-order valence-electron chi connectivity index (χ1n) is 7.45. The summed E-state index contributed by atoms with van der Waals surface area (Å²) in [4.78, 5) is 17.7. The highest BCUT2D eigenvalue weighted by molar-refractivity contribution is 5.86. The minimum atomic E-state index is -0.0161. The molecule has 0 aromatic heterocycles. The van der Waals surface area contributed by atoms with Crippen LogP contribution in [0.2, 0.25) is 0 Å². The molecule has 7 heteroatoms. The number of nitrogens with zero attached hydrogens (tertiary/aromatic N) is 2. The van der Waals surface area contributed by atoms with Crippen molar-refractivity contribution in [2.24, 2.45) is 4.99 Å². The lowest BCUT2D eigenvalue weighted by molar-refractivity contribution is -0.127. The Morgan fingerprint density at radius 1 is 1.22 bits per heavy atom. The zero-order chi connectivity index (χ0) is 17.2. The van der Waals surface area contributed by atoms with Gasteiger partial charge in [0.1, 0.15) is 11.5 Å². The molecule has 0 aliphatic heterocycles. The number of aliphatic imine (C=N–C) groups is 1. The van der Waals surface area contributed by atoms with Gasteiger partial charge in [0.05, 0.1) is 27.3 Å².